The van der Waals surface area contributed by atoms with E-state index in [0.717, 1.165) is 18.4 Å². The summed E-state index contributed by atoms with van der Waals surface area (Å²) in [7, 11) is 0. The Morgan fingerprint density at radius 1 is 1.07 bits per heavy atom. The van der Waals surface area contributed by atoms with Gasteiger partial charge in [0.15, 0.2) is 5.60 Å². The molecule has 1 unspecified atom stereocenters. The van der Waals surface area contributed by atoms with Gasteiger partial charge in [0, 0.05) is 17.0 Å². The molecule has 2 N–H and O–H groups in total. The molecule has 5 rings (SSSR count). The summed E-state index contributed by atoms with van der Waals surface area (Å²) in [6, 6.07) is 15.0. The van der Waals surface area contributed by atoms with Gasteiger partial charge in [-0.3, -0.25) is 4.79 Å². The monoisotopic (exact) mass is 581 g/mol. The molecule has 0 bridgehead atoms. The molecule has 5 nitrogen and oxygen atoms in total. The van der Waals surface area contributed by atoms with E-state index in [9.17, 15) is 27.5 Å². The van der Waals surface area contributed by atoms with Gasteiger partial charge in [0.05, 0.1) is 17.4 Å². The topological polar surface area (TPSA) is 67.2 Å². The van der Waals surface area contributed by atoms with Gasteiger partial charge in [-0.25, -0.2) is 9.07 Å². The standard InChI is InChI=1S/C33H35F4N3O2/c1-20-14-22(12-13-32(42,33(35,36)37)19-31(3,4)28-17-24(34)9-8-21(28)2)27-18-38-40(29(27)15-20)26-7-5-6-23(16-26)30(41)39-25-10-11-25/h5-9,14-18,25,42H,10-13,19H2,1-4H3,(H,39,41). The van der Waals surface area contributed by atoms with Crippen LogP contribution in [-0.4, -0.2) is 38.6 Å². The Morgan fingerprint density at radius 2 is 1.81 bits per heavy atom. The summed E-state index contributed by atoms with van der Waals surface area (Å²) in [5, 5.41) is 19.3. The summed E-state index contributed by atoms with van der Waals surface area (Å²) in [6.45, 7) is 6.77. The largest absolute Gasteiger partial charge is 0.417 e. The number of aliphatic hydroxyl groups is 1. The zero-order valence-electron chi connectivity index (χ0n) is 24.1. The van der Waals surface area contributed by atoms with Crippen LogP contribution in [0.15, 0.2) is 60.8 Å². The minimum Gasteiger partial charge on any atom is -0.380 e. The molecule has 222 valence electrons. The van der Waals surface area contributed by atoms with Crippen LogP contribution in [0.25, 0.3) is 16.6 Å². The Labute approximate surface area is 242 Å². The van der Waals surface area contributed by atoms with Crippen molar-refractivity contribution in [1.82, 2.24) is 15.1 Å². The summed E-state index contributed by atoms with van der Waals surface area (Å²) in [4.78, 5) is 12.6. The zero-order valence-corrected chi connectivity index (χ0v) is 24.1. The first-order valence-corrected chi connectivity index (χ1v) is 14.1. The summed E-state index contributed by atoms with van der Waals surface area (Å²) in [5.74, 6) is -0.692. The van der Waals surface area contributed by atoms with Crippen molar-refractivity contribution in [3.05, 3.63) is 94.4 Å². The van der Waals surface area contributed by atoms with Crippen molar-refractivity contribution in [3.63, 3.8) is 0 Å². The van der Waals surface area contributed by atoms with Crippen molar-refractivity contribution in [2.75, 3.05) is 0 Å². The molecule has 0 aliphatic heterocycles. The molecular formula is C33H35F4N3O2. The Balaban J connectivity index is 1.44. The number of aromatic nitrogens is 2. The number of alkyl halides is 3. The minimum atomic E-state index is -4.90. The summed E-state index contributed by atoms with van der Waals surface area (Å²) >= 11 is 0. The number of hydrogen-bond donors (Lipinski definition) is 2. The van der Waals surface area contributed by atoms with Crippen LogP contribution in [0, 0.1) is 19.7 Å². The number of carbonyl (C=O) groups excluding carboxylic acids is 1. The molecule has 1 atom stereocenters. The first kappa shape index (κ1) is 29.8. The number of rotatable bonds is 9. The minimum absolute atomic E-state index is 0.0536. The van der Waals surface area contributed by atoms with Crippen LogP contribution in [0.4, 0.5) is 17.6 Å². The van der Waals surface area contributed by atoms with Gasteiger partial charge in [-0.05, 0) is 110 Å². The second kappa shape index (κ2) is 10.8. The lowest BCUT2D eigenvalue weighted by Crippen LogP contribution is -2.49. The molecular weight excluding hydrogens is 546 g/mol. The Bertz CT molecular complexity index is 1640. The summed E-state index contributed by atoms with van der Waals surface area (Å²) < 4.78 is 59.1. The van der Waals surface area contributed by atoms with Gasteiger partial charge in [0.1, 0.15) is 5.82 Å². The highest BCUT2D eigenvalue weighted by molar-refractivity contribution is 5.95. The highest BCUT2D eigenvalue weighted by Crippen LogP contribution is 2.44. The number of carbonyl (C=O) groups is 1. The van der Waals surface area contributed by atoms with Gasteiger partial charge in [-0.1, -0.05) is 32.0 Å². The molecule has 0 spiro atoms. The fourth-order valence-electron chi connectivity index (χ4n) is 5.86. The average Bonchev–Trinajstić information content (AvgIpc) is 3.63. The smallest absolute Gasteiger partial charge is 0.380 e. The molecule has 1 aliphatic rings. The van der Waals surface area contributed by atoms with Crippen LogP contribution < -0.4 is 5.32 Å². The molecule has 1 aliphatic carbocycles. The maximum Gasteiger partial charge on any atom is 0.417 e. The predicted molar refractivity (Wildman–Crippen MR) is 154 cm³/mol. The van der Waals surface area contributed by atoms with Crippen molar-refractivity contribution < 1.29 is 27.5 Å². The van der Waals surface area contributed by atoms with Gasteiger partial charge in [-0.2, -0.15) is 18.3 Å². The molecule has 1 fully saturated rings. The first-order valence-electron chi connectivity index (χ1n) is 14.1. The average molecular weight is 582 g/mol. The SMILES string of the molecule is Cc1cc(CCC(O)(CC(C)(C)c2cc(F)ccc2C)C(F)(F)F)c2cnn(-c3cccc(C(=O)NC4CC4)c3)c2c1. The molecule has 0 radical (unpaired) electrons. The highest BCUT2D eigenvalue weighted by Gasteiger charge is 2.55. The lowest BCUT2D eigenvalue weighted by atomic mass is 9.72. The predicted octanol–water partition coefficient (Wildman–Crippen LogP) is 7.27. The molecule has 9 heteroatoms. The first-order chi connectivity index (χ1) is 19.7. The van der Waals surface area contributed by atoms with Crippen LogP contribution >= 0.6 is 0 Å². The zero-order chi connectivity index (χ0) is 30.4. The summed E-state index contributed by atoms with van der Waals surface area (Å²) in [5.41, 5.74) is 0.229. The second-order valence-corrected chi connectivity index (χ2v) is 12.3. The van der Waals surface area contributed by atoms with Crippen molar-refractivity contribution in [1.29, 1.82) is 0 Å². The van der Waals surface area contributed by atoms with E-state index in [1.807, 2.05) is 25.1 Å². The second-order valence-electron chi connectivity index (χ2n) is 12.3. The number of nitrogens with one attached hydrogen (secondary N) is 1. The van der Waals surface area contributed by atoms with Gasteiger partial charge >= 0.3 is 6.18 Å². The fraction of sp³-hybridized carbons (Fsp3) is 0.394. The molecule has 1 heterocycles. The van der Waals surface area contributed by atoms with Gasteiger partial charge in [-0.15, -0.1) is 0 Å². The Kier molecular flexibility index (Phi) is 7.68. The van der Waals surface area contributed by atoms with Crippen LogP contribution in [0.5, 0.6) is 0 Å². The van der Waals surface area contributed by atoms with Crippen molar-refractivity contribution in [2.45, 2.75) is 83.0 Å². The number of halogens is 4. The van der Waals surface area contributed by atoms with Crippen molar-refractivity contribution in [3.8, 4) is 5.69 Å². The maximum absolute atomic E-state index is 14.5. The van der Waals surface area contributed by atoms with Crippen molar-refractivity contribution >= 4 is 16.8 Å². The maximum atomic E-state index is 14.5. The van der Waals surface area contributed by atoms with Gasteiger partial charge in [0.2, 0.25) is 0 Å². The van der Waals surface area contributed by atoms with Crippen LogP contribution in [-0.2, 0) is 11.8 Å². The third kappa shape index (κ3) is 6.07. The lowest BCUT2D eigenvalue weighted by Gasteiger charge is -2.38. The normalized spacial score (nSPS) is 15.5. The van der Waals surface area contributed by atoms with E-state index in [4.69, 9.17) is 0 Å². The highest BCUT2D eigenvalue weighted by atomic mass is 19.4. The lowest BCUT2D eigenvalue weighted by molar-refractivity contribution is -0.269. The van der Waals surface area contributed by atoms with E-state index in [-0.39, 0.29) is 18.4 Å². The molecule has 0 saturated heterocycles. The van der Waals surface area contributed by atoms with E-state index >= 15 is 0 Å². The number of aryl methyl sites for hydroxylation is 3. The quantitative estimate of drug-likeness (QED) is 0.204. The molecule has 4 aromatic rings. The Morgan fingerprint density at radius 3 is 2.50 bits per heavy atom. The third-order valence-electron chi connectivity index (χ3n) is 8.18. The van der Waals surface area contributed by atoms with Crippen LogP contribution in [0.1, 0.15) is 72.1 Å². The van der Waals surface area contributed by atoms with E-state index < -0.39 is 35.9 Å². The number of nitrogens with zero attached hydrogens (tertiary/aromatic N) is 2. The van der Waals surface area contributed by atoms with Gasteiger partial charge < -0.3 is 10.4 Å². The molecule has 1 saturated carbocycles. The van der Waals surface area contributed by atoms with E-state index in [1.165, 1.54) is 18.2 Å². The molecule has 42 heavy (non-hydrogen) atoms. The summed E-state index contributed by atoms with van der Waals surface area (Å²) in [6.07, 6.45) is -2.60. The number of hydrogen-bond acceptors (Lipinski definition) is 3. The van der Waals surface area contributed by atoms with Gasteiger partial charge in [0.25, 0.3) is 5.91 Å². The van der Waals surface area contributed by atoms with E-state index in [2.05, 4.69) is 10.4 Å². The molecule has 1 aromatic heterocycles. The van der Waals surface area contributed by atoms with Crippen LogP contribution in [0.3, 0.4) is 0 Å². The Hall–Kier alpha value is -3.72. The number of benzene rings is 3. The molecule has 1 amide bonds. The van der Waals surface area contributed by atoms with E-state index in [1.54, 1.807) is 49.8 Å². The third-order valence-corrected chi connectivity index (χ3v) is 8.18. The number of fused-ring (bicyclic) bond motifs is 1. The van der Waals surface area contributed by atoms with Crippen LogP contribution in [0.2, 0.25) is 0 Å². The fourth-order valence-corrected chi connectivity index (χ4v) is 5.86. The van der Waals surface area contributed by atoms with Crippen molar-refractivity contribution in [2.24, 2.45) is 0 Å². The van der Waals surface area contributed by atoms with E-state index in [0.29, 0.717) is 38.8 Å². The molecule has 3 aromatic carbocycles. The number of amides is 1.